The molecule has 0 aromatic heterocycles. The molecule has 222 valence electrons. The van der Waals surface area contributed by atoms with Gasteiger partial charge in [0.05, 0.1) is 25.0 Å². The fourth-order valence-corrected chi connectivity index (χ4v) is 6.13. The van der Waals surface area contributed by atoms with Crippen molar-refractivity contribution in [2.45, 2.75) is 38.8 Å². The van der Waals surface area contributed by atoms with Gasteiger partial charge in [0.25, 0.3) is 11.8 Å². The second-order valence-corrected chi connectivity index (χ2v) is 11.3. The molecule has 0 spiro atoms. The molecule has 2 atom stereocenters. The molecule has 0 radical (unpaired) electrons. The van der Waals surface area contributed by atoms with Gasteiger partial charge in [-0.3, -0.25) is 19.3 Å². The fourth-order valence-electron chi connectivity index (χ4n) is 5.63. The van der Waals surface area contributed by atoms with Crippen molar-refractivity contribution in [1.29, 1.82) is 0 Å². The average Bonchev–Trinajstić information content (AvgIpc) is 3.11. The smallest absolute Gasteiger partial charge is 0.264 e. The topological polar surface area (TPSA) is 99.2 Å². The van der Waals surface area contributed by atoms with Crippen LogP contribution in [0.25, 0.3) is 10.8 Å². The van der Waals surface area contributed by atoms with E-state index < -0.39 is 29.7 Å². The third-order valence-corrected chi connectivity index (χ3v) is 8.57. The van der Waals surface area contributed by atoms with E-state index in [0.29, 0.717) is 42.1 Å². The summed E-state index contributed by atoms with van der Waals surface area (Å²) in [5, 5.41) is 14.0. The Hall–Kier alpha value is -4.21. The van der Waals surface area contributed by atoms with Crippen molar-refractivity contribution >= 4 is 61.5 Å². The summed E-state index contributed by atoms with van der Waals surface area (Å²) < 4.78 is 6.66. The number of aliphatic hydroxyl groups is 1. The molecule has 1 aliphatic rings. The molecule has 1 aliphatic heterocycles. The lowest BCUT2D eigenvalue weighted by atomic mass is 9.98. The Bertz CT molecular complexity index is 1640. The standard InChI is InChI=1S/C34H34BrN3O5/c1-3-22(11-10-20-39)32(40)36-31-33(41)37(21-26-24-14-9-15-27(35)25(24)18-19-30(26)43-2)28-16-7-8-17-29(28)38(34(31)42)23-12-5-4-6-13-23/h4-9,12-19,22,31,39H,3,10-11,20-21H2,1-2H3,(H,36,40)/t22-,31?/m1/s1. The van der Waals surface area contributed by atoms with E-state index in [1.807, 2.05) is 73.7 Å². The van der Waals surface area contributed by atoms with Crippen LogP contribution in [0, 0.1) is 5.92 Å². The SMILES string of the molecule is CC[C@H](CCCO)C(=O)NC1C(=O)N(Cc2c(OC)ccc3c(Br)cccc23)c2ccccc2N(c2ccccc2)C1=O. The second kappa shape index (κ2) is 13.4. The van der Waals surface area contributed by atoms with Gasteiger partial charge in [0.15, 0.2) is 6.04 Å². The minimum atomic E-state index is -1.48. The van der Waals surface area contributed by atoms with Crippen molar-refractivity contribution in [2.75, 3.05) is 23.5 Å². The van der Waals surface area contributed by atoms with E-state index in [9.17, 15) is 19.5 Å². The maximum Gasteiger partial charge on any atom is 0.264 e. The summed E-state index contributed by atoms with van der Waals surface area (Å²) in [5.41, 5.74) is 2.40. The molecule has 4 aromatic rings. The summed E-state index contributed by atoms with van der Waals surface area (Å²) in [6.07, 6.45) is 1.40. The van der Waals surface area contributed by atoms with Crippen LogP contribution in [-0.4, -0.2) is 42.6 Å². The van der Waals surface area contributed by atoms with Gasteiger partial charge in [-0.2, -0.15) is 0 Å². The molecule has 1 unspecified atom stereocenters. The Kier molecular flexibility index (Phi) is 9.43. The predicted molar refractivity (Wildman–Crippen MR) is 171 cm³/mol. The van der Waals surface area contributed by atoms with Crippen LogP contribution in [0.3, 0.4) is 0 Å². The maximum atomic E-state index is 14.5. The van der Waals surface area contributed by atoms with Crippen molar-refractivity contribution < 1.29 is 24.2 Å². The Balaban J connectivity index is 1.67. The first-order chi connectivity index (χ1) is 20.9. The van der Waals surface area contributed by atoms with Crippen LogP contribution in [0.1, 0.15) is 31.7 Å². The highest BCUT2D eigenvalue weighted by molar-refractivity contribution is 9.10. The number of aliphatic hydroxyl groups excluding tert-OH is 1. The molecule has 0 saturated carbocycles. The van der Waals surface area contributed by atoms with Crippen LogP contribution < -0.4 is 19.9 Å². The Morgan fingerprint density at radius 3 is 2.35 bits per heavy atom. The van der Waals surface area contributed by atoms with E-state index >= 15 is 0 Å². The predicted octanol–water partition coefficient (Wildman–Crippen LogP) is 6.11. The number of rotatable bonds is 10. The number of anilines is 3. The summed E-state index contributed by atoms with van der Waals surface area (Å²) in [6, 6.07) is 24.6. The van der Waals surface area contributed by atoms with Gasteiger partial charge in [0.2, 0.25) is 5.91 Å². The van der Waals surface area contributed by atoms with Crippen LogP contribution in [-0.2, 0) is 20.9 Å². The number of amides is 3. The summed E-state index contributed by atoms with van der Waals surface area (Å²) in [6.45, 7) is 1.93. The minimum Gasteiger partial charge on any atom is -0.496 e. The van der Waals surface area contributed by atoms with E-state index in [2.05, 4.69) is 21.2 Å². The number of ether oxygens (including phenoxy) is 1. The molecule has 0 bridgehead atoms. The second-order valence-electron chi connectivity index (χ2n) is 10.4. The van der Waals surface area contributed by atoms with Crippen LogP contribution >= 0.6 is 15.9 Å². The molecule has 3 amide bonds. The molecule has 5 rings (SSSR count). The van der Waals surface area contributed by atoms with Gasteiger partial charge in [-0.05, 0) is 72.5 Å². The number of para-hydroxylation sites is 3. The van der Waals surface area contributed by atoms with Crippen LogP contribution in [0.5, 0.6) is 5.75 Å². The average molecular weight is 645 g/mol. The number of methoxy groups -OCH3 is 1. The Morgan fingerprint density at radius 1 is 0.930 bits per heavy atom. The molecule has 2 N–H and O–H groups in total. The first-order valence-electron chi connectivity index (χ1n) is 14.3. The molecule has 0 fully saturated rings. The number of carbonyl (C=O) groups is 3. The van der Waals surface area contributed by atoms with Gasteiger partial charge < -0.3 is 20.1 Å². The van der Waals surface area contributed by atoms with Crippen molar-refractivity contribution in [3.63, 3.8) is 0 Å². The lowest BCUT2D eigenvalue weighted by molar-refractivity contribution is -0.135. The first kappa shape index (κ1) is 30.3. The highest BCUT2D eigenvalue weighted by atomic mass is 79.9. The monoisotopic (exact) mass is 643 g/mol. The van der Waals surface area contributed by atoms with Gasteiger partial charge in [-0.15, -0.1) is 0 Å². The van der Waals surface area contributed by atoms with Gasteiger partial charge in [0, 0.05) is 28.2 Å². The lowest BCUT2D eigenvalue weighted by Crippen LogP contribution is -2.55. The van der Waals surface area contributed by atoms with Crippen LogP contribution in [0.15, 0.2) is 89.4 Å². The van der Waals surface area contributed by atoms with Gasteiger partial charge >= 0.3 is 0 Å². The maximum absolute atomic E-state index is 14.5. The van der Waals surface area contributed by atoms with Crippen LogP contribution in [0.4, 0.5) is 17.1 Å². The van der Waals surface area contributed by atoms with Crippen LogP contribution in [0.2, 0.25) is 0 Å². The zero-order valence-corrected chi connectivity index (χ0v) is 25.7. The van der Waals surface area contributed by atoms with E-state index in [1.54, 1.807) is 30.2 Å². The summed E-state index contributed by atoms with van der Waals surface area (Å²) in [4.78, 5) is 45.4. The highest BCUT2D eigenvalue weighted by Crippen LogP contribution is 2.41. The number of carbonyl (C=O) groups excluding carboxylic acids is 3. The zero-order valence-electron chi connectivity index (χ0n) is 24.1. The van der Waals surface area contributed by atoms with Gasteiger partial charge in [0.1, 0.15) is 5.75 Å². The number of nitrogens with one attached hydrogen (secondary N) is 1. The fraction of sp³-hybridized carbons (Fsp3) is 0.265. The molecular formula is C34H34BrN3O5. The van der Waals surface area contributed by atoms with Gasteiger partial charge in [-0.25, -0.2) is 0 Å². The largest absolute Gasteiger partial charge is 0.496 e. The van der Waals surface area contributed by atoms with E-state index in [4.69, 9.17) is 4.74 Å². The minimum absolute atomic E-state index is 0.0427. The number of fused-ring (bicyclic) bond motifs is 2. The molecular weight excluding hydrogens is 610 g/mol. The van der Waals surface area contributed by atoms with Crippen molar-refractivity contribution in [3.05, 3.63) is 95.0 Å². The molecule has 1 heterocycles. The van der Waals surface area contributed by atoms with Gasteiger partial charge in [-0.1, -0.05) is 65.3 Å². The number of hydrogen-bond donors (Lipinski definition) is 2. The highest BCUT2D eigenvalue weighted by Gasteiger charge is 2.42. The van der Waals surface area contributed by atoms with E-state index in [-0.39, 0.29) is 13.2 Å². The lowest BCUT2D eigenvalue weighted by Gasteiger charge is -2.27. The molecule has 4 aromatic carbocycles. The third-order valence-electron chi connectivity index (χ3n) is 7.88. The summed E-state index contributed by atoms with van der Waals surface area (Å²) >= 11 is 3.63. The van der Waals surface area contributed by atoms with E-state index in [0.717, 1.165) is 20.8 Å². The molecule has 8 nitrogen and oxygen atoms in total. The number of hydrogen-bond acceptors (Lipinski definition) is 5. The zero-order chi connectivity index (χ0) is 30.5. The molecule has 43 heavy (non-hydrogen) atoms. The third kappa shape index (κ3) is 6.00. The Morgan fingerprint density at radius 2 is 1.65 bits per heavy atom. The molecule has 0 aliphatic carbocycles. The van der Waals surface area contributed by atoms with Crippen molar-refractivity contribution in [1.82, 2.24) is 5.32 Å². The quantitative estimate of drug-likeness (QED) is 0.203. The molecule has 0 saturated heterocycles. The number of halogens is 1. The number of benzene rings is 4. The number of nitrogens with zero attached hydrogens (tertiary/aromatic N) is 2. The molecule has 9 heteroatoms. The van der Waals surface area contributed by atoms with E-state index in [1.165, 1.54) is 4.90 Å². The van der Waals surface area contributed by atoms with Crippen molar-refractivity contribution in [2.24, 2.45) is 5.92 Å². The Labute approximate surface area is 259 Å². The summed E-state index contributed by atoms with van der Waals surface area (Å²) in [5.74, 6) is -1.35. The van der Waals surface area contributed by atoms with Crippen molar-refractivity contribution in [3.8, 4) is 5.75 Å². The normalized spacial score (nSPS) is 15.7. The summed E-state index contributed by atoms with van der Waals surface area (Å²) in [7, 11) is 1.59. The first-order valence-corrected chi connectivity index (χ1v) is 15.1.